The summed E-state index contributed by atoms with van der Waals surface area (Å²) >= 11 is 0. The molecule has 1 amide bonds. The maximum absolute atomic E-state index is 11.8. The quantitative estimate of drug-likeness (QED) is 0.688. The van der Waals surface area contributed by atoms with Crippen LogP contribution in [0.15, 0.2) is 30.6 Å². The fraction of sp³-hybridized carbons (Fsp3) is 0.308. The van der Waals surface area contributed by atoms with Crippen LogP contribution in [-0.2, 0) is 16.1 Å². The molecular formula is C13H15N3O4. The maximum atomic E-state index is 11.8. The SMILES string of the molecule is O=C(Cn1cnc2ccccc21)N[C@@H](CCO)C(=O)O. The van der Waals surface area contributed by atoms with E-state index in [0.29, 0.717) is 0 Å². The molecule has 20 heavy (non-hydrogen) atoms. The molecule has 0 fully saturated rings. The Hall–Kier alpha value is -2.41. The lowest BCUT2D eigenvalue weighted by molar-refractivity contribution is -0.142. The summed E-state index contributed by atoms with van der Waals surface area (Å²) in [7, 11) is 0. The minimum Gasteiger partial charge on any atom is -0.480 e. The van der Waals surface area contributed by atoms with E-state index >= 15 is 0 Å². The van der Waals surface area contributed by atoms with Crippen molar-refractivity contribution < 1.29 is 19.8 Å². The lowest BCUT2D eigenvalue weighted by Crippen LogP contribution is -2.42. The van der Waals surface area contributed by atoms with Crippen LogP contribution in [0.25, 0.3) is 11.0 Å². The Kier molecular flexibility index (Phi) is 4.31. The number of aliphatic carboxylic acids is 1. The Balaban J connectivity index is 2.06. The van der Waals surface area contributed by atoms with Gasteiger partial charge in [0.1, 0.15) is 12.6 Å². The summed E-state index contributed by atoms with van der Waals surface area (Å²) in [5.74, 6) is -1.60. The second-order valence-electron chi connectivity index (χ2n) is 4.33. The van der Waals surface area contributed by atoms with E-state index in [1.165, 1.54) is 6.33 Å². The van der Waals surface area contributed by atoms with Crippen molar-refractivity contribution in [3.63, 3.8) is 0 Å². The molecule has 0 aliphatic heterocycles. The number of nitrogens with one attached hydrogen (secondary N) is 1. The number of rotatable bonds is 6. The second-order valence-corrected chi connectivity index (χ2v) is 4.33. The number of amides is 1. The van der Waals surface area contributed by atoms with Crippen LogP contribution < -0.4 is 5.32 Å². The van der Waals surface area contributed by atoms with E-state index in [0.717, 1.165) is 11.0 Å². The summed E-state index contributed by atoms with van der Waals surface area (Å²) in [5.41, 5.74) is 1.57. The van der Waals surface area contributed by atoms with Gasteiger partial charge in [0.15, 0.2) is 0 Å². The highest BCUT2D eigenvalue weighted by atomic mass is 16.4. The molecule has 0 saturated heterocycles. The number of nitrogens with zero attached hydrogens (tertiary/aromatic N) is 2. The smallest absolute Gasteiger partial charge is 0.326 e. The number of fused-ring (bicyclic) bond motifs is 1. The molecule has 1 atom stereocenters. The van der Waals surface area contributed by atoms with Gasteiger partial charge in [-0.3, -0.25) is 4.79 Å². The van der Waals surface area contributed by atoms with Crippen LogP contribution in [0.3, 0.4) is 0 Å². The molecule has 106 valence electrons. The number of benzene rings is 1. The number of hydrogen-bond donors (Lipinski definition) is 3. The first-order valence-electron chi connectivity index (χ1n) is 6.14. The van der Waals surface area contributed by atoms with E-state index < -0.39 is 17.9 Å². The standard InChI is InChI=1S/C13H15N3O4/c17-6-5-10(13(19)20)15-12(18)7-16-8-14-9-3-1-2-4-11(9)16/h1-4,8,10,17H,5-7H2,(H,15,18)(H,19,20)/t10-/m0/s1. The van der Waals surface area contributed by atoms with Gasteiger partial charge < -0.3 is 20.1 Å². The highest BCUT2D eigenvalue weighted by molar-refractivity contribution is 5.84. The number of carbonyl (C=O) groups excluding carboxylic acids is 1. The first-order valence-corrected chi connectivity index (χ1v) is 6.14. The van der Waals surface area contributed by atoms with Crippen molar-refractivity contribution in [1.29, 1.82) is 0 Å². The van der Waals surface area contributed by atoms with Crippen molar-refractivity contribution in [1.82, 2.24) is 14.9 Å². The van der Waals surface area contributed by atoms with Crippen molar-refractivity contribution in [2.45, 2.75) is 19.0 Å². The summed E-state index contributed by atoms with van der Waals surface area (Å²) in [6.07, 6.45) is 1.51. The van der Waals surface area contributed by atoms with E-state index in [1.54, 1.807) is 4.57 Å². The van der Waals surface area contributed by atoms with Crippen molar-refractivity contribution in [2.75, 3.05) is 6.61 Å². The van der Waals surface area contributed by atoms with Crippen molar-refractivity contribution >= 4 is 22.9 Å². The average molecular weight is 277 g/mol. The number of hydrogen-bond acceptors (Lipinski definition) is 4. The molecule has 0 spiro atoms. The van der Waals surface area contributed by atoms with Crippen molar-refractivity contribution in [3.05, 3.63) is 30.6 Å². The van der Waals surface area contributed by atoms with Crippen LogP contribution in [-0.4, -0.2) is 44.3 Å². The molecule has 1 aromatic heterocycles. The third-order valence-electron chi connectivity index (χ3n) is 2.89. The first-order chi connectivity index (χ1) is 9.61. The lowest BCUT2D eigenvalue weighted by Gasteiger charge is -2.13. The van der Waals surface area contributed by atoms with E-state index in [-0.39, 0.29) is 19.6 Å². The Morgan fingerprint density at radius 2 is 2.10 bits per heavy atom. The molecule has 1 heterocycles. The van der Waals surface area contributed by atoms with E-state index in [2.05, 4.69) is 10.3 Å². The molecule has 3 N–H and O–H groups in total. The molecule has 7 heteroatoms. The van der Waals surface area contributed by atoms with E-state index in [1.807, 2.05) is 24.3 Å². The monoisotopic (exact) mass is 277 g/mol. The number of carboxylic acids is 1. The predicted molar refractivity (Wildman–Crippen MR) is 71.0 cm³/mol. The summed E-state index contributed by atoms with van der Waals surface area (Å²) in [6.45, 7) is -0.318. The first kappa shape index (κ1) is 14.0. The van der Waals surface area contributed by atoms with Crippen LogP contribution in [0.5, 0.6) is 0 Å². The van der Waals surface area contributed by atoms with Gasteiger partial charge in [-0.05, 0) is 12.1 Å². The Morgan fingerprint density at radius 1 is 1.35 bits per heavy atom. The Morgan fingerprint density at radius 3 is 2.80 bits per heavy atom. The zero-order valence-electron chi connectivity index (χ0n) is 10.7. The molecule has 0 unspecified atom stereocenters. The van der Waals surface area contributed by atoms with Crippen LogP contribution in [0, 0.1) is 0 Å². The highest BCUT2D eigenvalue weighted by Crippen LogP contribution is 2.11. The predicted octanol–water partition coefficient (Wildman–Crippen LogP) is -0.0119. The van der Waals surface area contributed by atoms with Gasteiger partial charge >= 0.3 is 5.97 Å². The van der Waals surface area contributed by atoms with Gasteiger partial charge in [0.05, 0.1) is 17.4 Å². The largest absolute Gasteiger partial charge is 0.480 e. The molecule has 0 bridgehead atoms. The van der Waals surface area contributed by atoms with Crippen molar-refractivity contribution in [3.8, 4) is 0 Å². The fourth-order valence-electron chi connectivity index (χ4n) is 1.92. The Labute approximate surface area is 114 Å². The summed E-state index contributed by atoms with van der Waals surface area (Å²) < 4.78 is 1.64. The summed E-state index contributed by atoms with van der Waals surface area (Å²) in [4.78, 5) is 26.9. The zero-order valence-corrected chi connectivity index (χ0v) is 10.7. The van der Waals surface area contributed by atoms with Gasteiger partial charge in [-0.2, -0.15) is 0 Å². The highest BCUT2D eigenvalue weighted by Gasteiger charge is 2.19. The average Bonchev–Trinajstić information content (AvgIpc) is 2.81. The third-order valence-corrected chi connectivity index (χ3v) is 2.89. The van der Waals surface area contributed by atoms with Crippen LogP contribution in [0.2, 0.25) is 0 Å². The topological polar surface area (TPSA) is 104 Å². The van der Waals surface area contributed by atoms with Crippen LogP contribution >= 0.6 is 0 Å². The van der Waals surface area contributed by atoms with Crippen LogP contribution in [0.4, 0.5) is 0 Å². The molecule has 0 radical (unpaired) electrons. The second kappa shape index (κ2) is 6.16. The fourth-order valence-corrected chi connectivity index (χ4v) is 1.92. The van der Waals surface area contributed by atoms with E-state index in [9.17, 15) is 9.59 Å². The molecule has 0 aliphatic carbocycles. The minimum absolute atomic E-state index is 0.0181. The Bertz CT molecular complexity index is 623. The molecule has 2 aromatic rings. The van der Waals surface area contributed by atoms with Gasteiger partial charge in [-0.25, -0.2) is 9.78 Å². The van der Waals surface area contributed by atoms with E-state index in [4.69, 9.17) is 10.2 Å². The number of aromatic nitrogens is 2. The molecular weight excluding hydrogens is 262 g/mol. The summed E-state index contributed by atoms with van der Waals surface area (Å²) in [6, 6.07) is 6.27. The number of para-hydroxylation sites is 2. The van der Waals surface area contributed by atoms with Gasteiger partial charge in [-0.15, -0.1) is 0 Å². The molecule has 0 aliphatic rings. The van der Waals surface area contributed by atoms with Crippen molar-refractivity contribution in [2.24, 2.45) is 0 Å². The number of carbonyl (C=O) groups is 2. The van der Waals surface area contributed by atoms with Gasteiger partial charge in [0.25, 0.3) is 0 Å². The lowest BCUT2D eigenvalue weighted by atomic mass is 10.2. The molecule has 0 saturated carbocycles. The van der Waals surface area contributed by atoms with Gasteiger partial charge in [-0.1, -0.05) is 12.1 Å². The minimum atomic E-state index is -1.16. The third kappa shape index (κ3) is 3.12. The number of aliphatic hydroxyl groups is 1. The normalized spacial score (nSPS) is 12.2. The molecule has 7 nitrogen and oxygen atoms in total. The van der Waals surface area contributed by atoms with Crippen LogP contribution in [0.1, 0.15) is 6.42 Å². The molecule has 1 aromatic carbocycles. The van der Waals surface area contributed by atoms with Gasteiger partial charge in [0, 0.05) is 13.0 Å². The number of imidazole rings is 1. The maximum Gasteiger partial charge on any atom is 0.326 e. The summed E-state index contributed by atoms with van der Waals surface area (Å²) in [5, 5.41) is 20.0. The zero-order chi connectivity index (χ0) is 14.5. The number of carboxylic acid groups (broad SMARTS) is 1. The number of aliphatic hydroxyl groups excluding tert-OH is 1. The molecule has 2 rings (SSSR count). The van der Waals surface area contributed by atoms with Gasteiger partial charge in [0.2, 0.25) is 5.91 Å².